The van der Waals surface area contributed by atoms with Crippen LogP contribution in [0.1, 0.15) is 23.4 Å². The van der Waals surface area contributed by atoms with Gasteiger partial charge in [-0.2, -0.15) is 0 Å². The van der Waals surface area contributed by atoms with Crippen molar-refractivity contribution in [1.82, 2.24) is 15.3 Å². The number of rotatable bonds is 9. The molecule has 0 fully saturated rings. The van der Waals surface area contributed by atoms with Crippen LogP contribution in [-0.4, -0.2) is 16.5 Å². The summed E-state index contributed by atoms with van der Waals surface area (Å²) in [6.45, 7) is 2.22. The average Bonchev–Trinajstić information content (AvgIpc) is 3.18. The lowest BCUT2D eigenvalue weighted by atomic mass is 10.2. The van der Waals surface area contributed by atoms with Gasteiger partial charge in [0.15, 0.2) is 0 Å². The molecule has 0 aliphatic heterocycles. The smallest absolute Gasteiger partial charge is 0.119 e. The van der Waals surface area contributed by atoms with Crippen LogP contribution in [0.25, 0.3) is 11.0 Å². The molecular formula is C24H23Cl2N3O. The quantitative estimate of drug-likeness (QED) is 0.306. The van der Waals surface area contributed by atoms with Gasteiger partial charge in [0, 0.05) is 13.0 Å². The van der Waals surface area contributed by atoms with Gasteiger partial charge >= 0.3 is 0 Å². The van der Waals surface area contributed by atoms with Crippen LogP contribution in [0, 0.1) is 0 Å². The predicted octanol–water partition coefficient (Wildman–Crippen LogP) is 6.17. The Morgan fingerprint density at radius 2 is 1.70 bits per heavy atom. The number of H-pyrrole nitrogens is 1. The maximum absolute atomic E-state index is 6.04. The van der Waals surface area contributed by atoms with Crippen LogP contribution in [-0.2, 0) is 19.6 Å². The van der Waals surface area contributed by atoms with E-state index in [1.807, 2.05) is 42.5 Å². The maximum Gasteiger partial charge on any atom is 0.119 e. The normalized spacial score (nSPS) is 11.1. The van der Waals surface area contributed by atoms with Crippen LogP contribution in [0.15, 0.2) is 66.7 Å². The van der Waals surface area contributed by atoms with Crippen LogP contribution >= 0.6 is 23.2 Å². The number of fused-ring (bicyclic) bond motifs is 1. The molecule has 4 rings (SSSR count). The first-order valence-electron chi connectivity index (χ1n) is 9.97. The fourth-order valence-corrected chi connectivity index (χ4v) is 3.56. The first kappa shape index (κ1) is 20.7. The molecule has 0 saturated carbocycles. The Morgan fingerprint density at radius 1 is 0.900 bits per heavy atom. The van der Waals surface area contributed by atoms with Crippen LogP contribution < -0.4 is 10.1 Å². The van der Waals surface area contributed by atoms with Crippen LogP contribution in [0.5, 0.6) is 5.75 Å². The van der Waals surface area contributed by atoms with Gasteiger partial charge in [-0.15, -0.1) is 0 Å². The van der Waals surface area contributed by atoms with Crippen molar-refractivity contribution in [2.24, 2.45) is 0 Å². The van der Waals surface area contributed by atoms with Crippen molar-refractivity contribution in [1.29, 1.82) is 0 Å². The second-order valence-corrected chi connectivity index (χ2v) is 7.98. The van der Waals surface area contributed by atoms with E-state index in [4.69, 9.17) is 27.9 Å². The van der Waals surface area contributed by atoms with Crippen LogP contribution in [0.3, 0.4) is 0 Å². The molecule has 0 aliphatic rings. The number of aromatic amines is 1. The summed E-state index contributed by atoms with van der Waals surface area (Å²) >= 11 is 12.0. The van der Waals surface area contributed by atoms with Crippen molar-refractivity contribution < 1.29 is 4.74 Å². The zero-order valence-corrected chi connectivity index (χ0v) is 18.0. The third-order valence-corrected chi connectivity index (χ3v) is 5.59. The highest BCUT2D eigenvalue weighted by Gasteiger charge is 2.03. The van der Waals surface area contributed by atoms with Gasteiger partial charge in [-0.3, -0.25) is 0 Å². The molecule has 4 aromatic rings. The minimum absolute atomic E-state index is 0.455. The highest BCUT2D eigenvalue weighted by molar-refractivity contribution is 6.42. The van der Waals surface area contributed by atoms with Gasteiger partial charge in [0.25, 0.3) is 0 Å². The van der Waals surface area contributed by atoms with Gasteiger partial charge in [-0.25, -0.2) is 4.98 Å². The fourth-order valence-electron chi connectivity index (χ4n) is 3.24. The number of aryl methyl sites for hydroxylation is 1. The molecule has 0 unspecified atom stereocenters. The molecule has 1 aromatic heterocycles. The van der Waals surface area contributed by atoms with Crippen molar-refractivity contribution in [3.8, 4) is 5.75 Å². The van der Waals surface area contributed by atoms with Gasteiger partial charge in [-0.05, 0) is 60.5 Å². The summed E-state index contributed by atoms with van der Waals surface area (Å²) in [5.74, 6) is 1.87. The molecule has 6 heteroatoms. The summed E-state index contributed by atoms with van der Waals surface area (Å²) in [6.07, 6.45) is 1.97. The van der Waals surface area contributed by atoms with Crippen LogP contribution in [0.4, 0.5) is 0 Å². The van der Waals surface area contributed by atoms with E-state index >= 15 is 0 Å². The molecule has 0 spiro atoms. The van der Waals surface area contributed by atoms with E-state index in [9.17, 15) is 0 Å². The molecule has 0 bridgehead atoms. The minimum Gasteiger partial charge on any atom is -0.489 e. The third kappa shape index (κ3) is 5.54. The molecule has 4 nitrogen and oxygen atoms in total. The van der Waals surface area contributed by atoms with Gasteiger partial charge in [0.05, 0.1) is 21.1 Å². The number of nitrogens with zero attached hydrogens (tertiary/aromatic N) is 1. The first-order chi connectivity index (χ1) is 14.7. The van der Waals surface area contributed by atoms with E-state index in [0.29, 0.717) is 16.7 Å². The SMILES string of the molecule is Clc1ccc(COc2ccc(CNCCCc3nc4ccccc4[nH]3)cc2)cc1Cl. The minimum atomic E-state index is 0.455. The first-order valence-corrected chi connectivity index (χ1v) is 10.7. The molecule has 30 heavy (non-hydrogen) atoms. The lowest BCUT2D eigenvalue weighted by molar-refractivity contribution is 0.306. The highest BCUT2D eigenvalue weighted by atomic mass is 35.5. The number of imidazole rings is 1. The summed E-state index contributed by atoms with van der Waals surface area (Å²) in [7, 11) is 0. The van der Waals surface area contributed by atoms with Crippen molar-refractivity contribution in [3.05, 3.63) is 93.7 Å². The Kier molecular flexibility index (Phi) is 6.90. The van der Waals surface area contributed by atoms with Crippen molar-refractivity contribution in [3.63, 3.8) is 0 Å². The molecule has 0 atom stereocenters. The average molecular weight is 440 g/mol. The molecule has 3 aromatic carbocycles. The van der Waals surface area contributed by atoms with Gasteiger partial charge in [0.2, 0.25) is 0 Å². The number of hydrogen-bond donors (Lipinski definition) is 2. The lowest BCUT2D eigenvalue weighted by Gasteiger charge is -2.09. The summed E-state index contributed by atoms with van der Waals surface area (Å²) in [6, 6.07) is 21.8. The monoisotopic (exact) mass is 439 g/mol. The molecule has 0 saturated heterocycles. The van der Waals surface area contributed by atoms with E-state index in [-0.39, 0.29) is 0 Å². The fraction of sp³-hybridized carbons (Fsp3) is 0.208. The highest BCUT2D eigenvalue weighted by Crippen LogP contribution is 2.23. The van der Waals surface area contributed by atoms with E-state index in [0.717, 1.165) is 54.1 Å². The van der Waals surface area contributed by atoms with Gasteiger partial charge < -0.3 is 15.0 Å². The van der Waals surface area contributed by atoms with Crippen molar-refractivity contribution in [2.75, 3.05) is 6.54 Å². The Bertz CT molecular complexity index is 1080. The topological polar surface area (TPSA) is 49.9 Å². The Hall–Kier alpha value is -2.53. The Morgan fingerprint density at radius 3 is 2.50 bits per heavy atom. The number of hydrogen-bond acceptors (Lipinski definition) is 3. The number of ether oxygens (including phenoxy) is 1. The number of aromatic nitrogens is 2. The summed E-state index contributed by atoms with van der Waals surface area (Å²) in [4.78, 5) is 7.99. The van der Waals surface area contributed by atoms with Crippen LogP contribution in [0.2, 0.25) is 10.0 Å². The van der Waals surface area contributed by atoms with E-state index < -0.39 is 0 Å². The van der Waals surface area contributed by atoms with Gasteiger partial charge in [-0.1, -0.05) is 53.5 Å². The standard InChI is InChI=1S/C24H23Cl2N3O/c25-20-12-9-18(14-21(20)26)16-30-19-10-7-17(8-11-19)15-27-13-3-6-24-28-22-4-1-2-5-23(22)29-24/h1-2,4-5,7-12,14,27H,3,6,13,15-16H2,(H,28,29). The summed E-state index contributed by atoms with van der Waals surface area (Å²) < 4.78 is 5.83. The predicted molar refractivity (Wildman–Crippen MR) is 123 cm³/mol. The molecule has 1 heterocycles. The third-order valence-electron chi connectivity index (χ3n) is 4.85. The second kappa shape index (κ2) is 9.98. The summed E-state index contributed by atoms with van der Waals surface area (Å²) in [5, 5.41) is 4.58. The summed E-state index contributed by atoms with van der Waals surface area (Å²) in [5.41, 5.74) is 4.34. The molecule has 0 radical (unpaired) electrons. The number of para-hydroxylation sites is 2. The molecule has 0 aliphatic carbocycles. The maximum atomic E-state index is 6.04. The second-order valence-electron chi connectivity index (χ2n) is 7.16. The number of nitrogens with one attached hydrogen (secondary N) is 2. The van der Waals surface area contributed by atoms with Gasteiger partial charge in [0.1, 0.15) is 18.2 Å². The molecular weight excluding hydrogens is 417 g/mol. The zero-order chi connectivity index (χ0) is 20.8. The zero-order valence-electron chi connectivity index (χ0n) is 16.5. The number of benzene rings is 3. The largest absolute Gasteiger partial charge is 0.489 e. The molecule has 0 amide bonds. The van der Waals surface area contributed by atoms with E-state index in [2.05, 4.69) is 33.5 Å². The number of halogens is 2. The Balaban J connectivity index is 1.17. The van der Waals surface area contributed by atoms with Crippen molar-refractivity contribution >= 4 is 34.2 Å². The molecule has 154 valence electrons. The lowest BCUT2D eigenvalue weighted by Crippen LogP contribution is -2.15. The van der Waals surface area contributed by atoms with E-state index in [1.165, 1.54) is 5.56 Å². The Labute approximate surface area is 186 Å². The van der Waals surface area contributed by atoms with E-state index in [1.54, 1.807) is 6.07 Å². The van der Waals surface area contributed by atoms with Crippen molar-refractivity contribution in [2.45, 2.75) is 26.0 Å². The molecule has 2 N–H and O–H groups in total.